The van der Waals surface area contributed by atoms with Crippen LogP contribution in [0.25, 0.3) is 0 Å². The smallest absolute Gasteiger partial charge is 0.338 e. The van der Waals surface area contributed by atoms with E-state index in [-0.39, 0.29) is 13.0 Å². The Labute approximate surface area is 181 Å². The molecule has 1 aliphatic heterocycles. The lowest BCUT2D eigenvalue weighted by Gasteiger charge is -2.16. The van der Waals surface area contributed by atoms with E-state index in [0.29, 0.717) is 16.9 Å². The zero-order chi connectivity index (χ0) is 22.5. The van der Waals surface area contributed by atoms with E-state index in [4.69, 9.17) is 9.47 Å². The van der Waals surface area contributed by atoms with Gasteiger partial charge in [0, 0.05) is 18.7 Å². The third kappa shape index (κ3) is 5.05. The fraction of sp³-hybridized carbons (Fsp3) is 0.227. The minimum Gasteiger partial charge on any atom is -0.459 e. The lowest BCUT2D eigenvalue weighted by atomic mass is 10.2. The van der Waals surface area contributed by atoms with E-state index >= 15 is 0 Å². The van der Waals surface area contributed by atoms with Gasteiger partial charge in [-0.1, -0.05) is 18.2 Å². The van der Waals surface area contributed by atoms with Crippen LogP contribution in [-0.2, 0) is 9.47 Å². The third-order valence-electron chi connectivity index (χ3n) is 4.88. The molecule has 2 N–H and O–H groups in total. The molecule has 3 atom stereocenters. The summed E-state index contributed by atoms with van der Waals surface area (Å²) in [5, 5.41) is 18.4. The average molecular weight is 436 g/mol. The van der Waals surface area contributed by atoms with Crippen LogP contribution < -0.4 is 11.2 Å². The number of azo groups is 1. The van der Waals surface area contributed by atoms with E-state index in [0.717, 1.165) is 0 Å². The quantitative estimate of drug-likeness (QED) is 0.450. The van der Waals surface area contributed by atoms with Gasteiger partial charge in [-0.3, -0.25) is 14.3 Å². The van der Waals surface area contributed by atoms with Gasteiger partial charge >= 0.3 is 11.7 Å². The Hall–Kier alpha value is -3.89. The summed E-state index contributed by atoms with van der Waals surface area (Å²) in [4.78, 5) is 37.5. The summed E-state index contributed by atoms with van der Waals surface area (Å²) < 4.78 is 12.1. The molecule has 0 amide bonds. The first kappa shape index (κ1) is 21.3. The molecule has 1 saturated heterocycles. The molecule has 0 unspecified atom stereocenters. The molecule has 2 aromatic carbocycles. The maximum atomic E-state index is 12.3. The topological polar surface area (TPSA) is 135 Å². The number of esters is 1. The molecule has 164 valence electrons. The summed E-state index contributed by atoms with van der Waals surface area (Å²) >= 11 is 0. The van der Waals surface area contributed by atoms with Crippen molar-refractivity contribution < 1.29 is 19.4 Å². The number of aromatic nitrogens is 2. The number of nitrogens with one attached hydrogen (secondary N) is 1. The molecule has 0 spiro atoms. The Morgan fingerprint density at radius 2 is 1.75 bits per heavy atom. The molecule has 1 aliphatic rings. The van der Waals surface area contributed by atoms with Crippen LogP contribution in [0.1, 0.15) is 23.0 Å². The molecule has 0 bridgehead atoms. The Morgan fingerprint density at radius 1 is 1.06 bits per heavy atom. The van der Waals surface area contributed by atoms with Crippen LogP contribution in [0.3, 0.4) is 0 Å². The molecule has 2 heterocycles. The highest BCUT2D eigenvalue weighted by Gasteiger charge is 2.36. The maximum Gasteiger partial charge on any atom is 0.338 e. The van der Waals surface area contributed by atoms with Gasteiger partial charge in [0.25, 0.3) is 5.56 Å². The number of aromatic amines is 1. The normalized spacial score (nSPS) is 20.5. The van der Waals surface area contributed by atoms with Crippen LogP contribution in [0.4, 0.5) is 11.4 Å². The van der Waals surface area contributed by atoms with Crippen molar-refractivity contribution in [2.45, 2.75) is 24.9 Å². The van der Waals surface area contributed by atoms with Crippen molar-refractivity contribution in [2.75, 3.05) is 6.61 Å². The lowest BCUT2D eigenvalue weighted by Crippen LogP contribution is -2.32. The van der Waals surface area contributed by atoms with E-state index in [1.54, 1.807) is 24.3 Å². The number of aliphatic hydroxyl groups is 1. The van der Waals surface area contributed by atoms with E-state index in [1.807, 2.05) is 30.3 Å². The van der Waals surface area contributed by atoms with Crippen LogP contribution in [0.2, 0.25) is 0 Å². The predicted molar refractivity (Wildman–Crippen MR) is 113 cm³/mol. The van der Waals surface area contributed by atoms with Crippen LogP contribution in [0, 0.1) is 0 Å². The van der Waals surface area contributed by atoms with Crippen molar-refractivity contribution in [3.8, 4) is 0 Å². The molecule has 0 aliphatic carbocycles. The van der Waals surface area contributed by atoms with E-state index in [2.05, 4.69) is 15.2 Å². The van der Waals surface area contributed by atoms with Crippen molar-refractivity contribution in [2.24, 2.45) is 10.2 Å². The van der Waals surface area contributed by atoms with E-state index in [1.165, 1.54) is 16.8 Å². The molecule has 1 fully saturated rings. The Balaban J connectivity index is 1.33. The number of rotatable bonds is 6. The Kier molecular flexibility index (Phi) is 6.34. The summed E-state index contributed by atoms with van der Waals surface area (Å²) in [5.74, 6) is -0.586. The number of hydrogen-bond acceptors (Lipinski definition) is 8. The largest absolute Gasteiger partial charge is 0.459 e. The molecular weight excluding hydrogens is 416 g/mol. The van der Waals surface area contributed by atoms with Crippen LogP contribution in [0.15, 0.2) is 86.7 Å². The first-order valence-electron chi connectivity index (χ1n) is 9.88. The summed E-state index contributed by atoms with van der Waals surface area (Å²) in [6, 6.07) is 16.9. The molecule has 32 heavy (non-hydrogen) atoms. The van der Waals surface area contributed by atoms with Gasteiger partial charge in [-0.25, -0.2) is 9.59 Å². The summed E-state index contributed by atoms with van der Waals surface area (Å²) in [5.41, 5.74) is 0.437. The van der Waals surface area contributed by atoms with E-state index < -0.39 is 35.7 Å². The van der Waals surface area contributed by atoms with Gasteiger partial charge in [0.1, 0.15) is 18.9 Å². The highest BCUT2D eigenvalue weighted by Crippen LogP contribution is 2.28. The third-order valence-corrected chi connectivity index (χ3v) is 4.88. The summed E-state index contributed by atoms with van der Waals surface area (Å²) in [6.07, 6.45) is -1.10. The van der Waals surface area contributed by atoms with Crippen LogP contribution >= 0.6 is 0 Å². The minimum atomic E-state index is -0.938. The second kappa shape index (κ2) is 9.50. The van der Waals surface area contributed by atoms with Gasteiger partial charge in [-0.2, -0.15) is 10.2 Å². The number of carbonyl (C=O) groups excluding carboxylic acids is 1. The number of aliphatic hydroxyl groups excluding tert-OH is 1. The molecule has 0 saturated carbocycles. The first-order chi connectivity index (χ1) is 15.5. The summed E-state index contributed by atoms with van der Waals surface area (Å²) in [7, 11) is 0. The number of nitrogens with zero attached hydrogens (tertiary/aromatic N) is 3. The van der Waals surface area contributed by atoms with Crippen molar-refractivity contribution in [3.63, 3.8) is 0 Å². The number of ether oxygens (including phenoxy) is 2. The Morgan fingerprint density at radius 3 is 2.44 bits per heavy atom. The van der Waals surface area contributed by atoms with Crippen molar-refractivity contribution >= 4 is 17.3 Å². The summed E-state index contributed by atoms with van der Waals surface area (Å²) in [6.45, 7) is -0.190. The van der Waals surface area contributed by atoms with Crippen molar-refractivity contribution in [1.29, 1.82) is 0 Å². The molecular formula is C22H20N4O6. The minimum absolute atomic E-state index is 0.120. The maximum absolute atomic E-state index is 12.3. The fourth-order valence-electron chi connectivity index (χ4n) is 3.21. The zero-order valence-electron chi connectivity index (χ0n) is 16.8. The lowest BCUT2D eigenvalue weighted by molar-refractivity contribution is -0.0532. The second-order valence-corrected chi connectivity index (χ2v) is 7.13. The van der Waals surface area contributed by atoms with Crippen LogP contribution in [0.5, 0.6) is 0 Å². The van der Waals surface area contributed by atoms with Crippen LogP contribution in [-0.4, -0.2) is 39.4 Å². The highest BCUT2D eigenvalue weighted by molar-refractivity contribution is 5.89. The zero-order valence-corrected chi connectivity index (χ0v) is 16.8. The number of H-pyrrole nitrogens is 1. The molecule has 10 nitrogen and oxygen atoms in total. The first-order valence-corrected chi connectivity index (χ1v) is 9.88. The number of hydrogen-bond donors (Lipinski definition) is 2. The molecule has 3 aromatic rings. The van der Waals surface area contributed by atoms with E-state index in [9.17, 15) is 19.5 Å². The Bertz CT molecular complexity index is 1220. The molecule has 1 aromatic heterocycles. The monoisotopic (exact) mass is 436 g/mol. The molecule has 10 heteroatoms. The number of carbonyl (C=O) groups is 1. The molecule has 0 radical (unpaired) electrons. The van der Waals surface area contributed by atoms with Gasteiger partial charge in [0.05, 0.1) is 23.0 Å². The highest BCUT2D eigenvalue weighted by atomic mass is 16.6. The number of benzene rings is 2. The standard InChI is InChI=1S/C22H20N4O6/c27-17-12-20(26-11-10-19(28)23-22(26)30)32-18(17)13-31-21(29)14-6-8-16(9-7-14)25-24-15-4-2-1-3-5-15/h1-11,17-18,20,27H,12-13H2,(H,23,28,30)/t17-,18+,20+/m0/s1. The van der Waals surface area contributed by atoms with Gasteiger partial charge in [-0.15, -0.1) is 0 Å². The average Bonchev–Trinajstić information content (AvgIpc) is 3.17. The van der Waals surface area contributed by atoms with Gasteiger partial charge in [0.2, 0.25) is 0 Å². The second-order valence-electron chi connectivity index (χ2n) is 7.13. The van der Waals surface area contributed by atoms with Crippen molar-refractivity contribution in [1.82, 2.24) is 9.55 Å². The predicted octanol–water partition coefficient (Wildman–Crippen LogP) is 2.46. The van der Waals surface area contributed by atoms with Gasteiger partial charge in [0.15, 0.2) is 0 Å². The van der Waals surface area contributed by atoms with Gasteiger partial charge in [-0.05, 0) is 36.4 Å². The SMILES string of the molecule is O=C(OC[C@H]1O[C@@H](n2ccc(=O)[nH]c2=O)C[C@@H]1O)c1ccc(N=Nc2ccccc2)cc1. The molecule has 4 rings (SSSR count). The van der Waals surface area contributed by atoms with Crippen molar-refractivity contribution in [3.05, 3.63) is 93.3 Å². The van der Waals surface area contributed by atoms with Gasteiger partial charge < -0.3 is 14.6 Å². The fourth-order valence-corrected chi connectivity index (χ4v) is 3.21.